The van der Waals surface area contributed by atoms with Gasteiger partial charge in [0.25, 0.3) is 0 Å². The fourth-order valence-electron chi connectivity index (χ4n) is 3.40. The van der Waals surface area contributed by atoms with Crippen molar-refractivity contribution in [2.45, 2.75) is 25.2 Å². The zero-order chi connectivity index (χ0) is 21.3. The minimum absolute atomic E-state index is 0.128. The maximum Gasteiger partial charge on any atom is 0.145 e. The van der Waals surface area contributed by atoms with Gasteiger partial charge in [-0.1, -0.05) is 64.8 Å². The second kappa shape index (κ2) is 11.5. The highest BCUT2D eigenvalue weighted by Crippen LogP contribution is 2.24. The number of ether oxygens (including phenoxy) is 1. The lowest BCUT2D eigenvalue weighted by Crippen LogP contribution is -2.39. The predicted octanol–water partition coefficient (Wildman–Crippen LogP) is 4.55. The van der Waals surface area contributed by atoms with Crippen molar-refractivity contribution in [3.63, 3.8) is 0 Å². The molecule has 0 saturated carbocycles. The standard InChI is InChI=1S/C23H26Cl2N2O3/c1-2-10-29-16-19(28)14-27(13-17-6-5-7-18(24)11-17)15-20-12-23(26-30-20)21-8-3-4-9-22(21)25/h2-9,11,19-20,28H,1,10,12-16H2/t19-,20+/m0/s1. The molecule has 0 unspecified atom stereocenters. The molecular weight excluding hydrogens is 423 g/mol. The number of hydrogen-bond acceptors (Lipinski definition) is 5. The van der Waals surface area contributed by atoms with Crippen LogP contribution < -0.4 is 0 Å². The van der Waals surface area contributed by atoms with Crippen molar-refractivity contribution in [3.8, 4) is 0 Å². The first-order valence-electron chi connectivity index (χ1n) is 9.86. The zero-order valence-electron chi connectivity index (χ0n) is 16.7. The van der Waals surface area contributed by atoms with Gasteiger partial charge in [0.15, 0.2) is 0 Å². The average Bonchev–Trinajstić information content (AvgIpc) is 3.16. The molecule has 30 heavy (non-hydrogen) atoms. The predicted molar refractivity (Wildman–Crippen MR) is 121 cm³/mol. The SMILES string of the molecule is C=CCOC[C@@H](O)CN(Cc1cccc(Cl)c1)C[C@H]1CC(c2ccccc2Cl)=NO1. The highest BCUT2D eigenvalue weighted by Gasteiger charge is 2.26. The number of hydrogen-bond donors (Lipinski definition) is 1. The van der Waals surface area contributed by atoms with E-state index >= 15 is 0 Å². The first kappa shape index (κ1) is 22.8. The van der Waals surface area contributed by atoms with Crippen molar-refractivity contribution in [1.82, 2.24) is 4.90 Å². The van der Waals surface area contributed by atoms with Gasteiger partial charge in [0, 0.05) is 41.7 Å². The van der Waals surface area contributed by atoms with E-state index in [0.717, 1.165) is 16.8 Å². The van der Waals surface area contributed by atoms with Crippen LogP contribution in [0.25, 0.3) is 0 Å². The Kier molecular flexibility index (Phi) is 8.73. The summed E-state index contributed by atoms with van der Waals surface area (Å²) in [4.78, 5) is 7.81. The number of aliphatic hydroxyl groups is 1. The molecule has 0 aliphatic carbocycles. The van der Waals surface area contributed by atoms with Crippen LogP contribution in [0, 0.1) is 0 Å². The summed E-state index contributed by atoms with van der Waals surface area (Å²) in [5, 5.41) is 16.0. The summed E-state index contributed by atoms with van der Waals surface area (Å²) in [5.74, 6) is 0. The Labute approximate surface area is 187 Å². The van der Waals surface area contributed by atoms with E-state index in [4.69, 9.17) is 32.8 Å². The van der Waals surface area contributed by atoms with Gasteiger partial charge in [-0.25, -0.2) is 0 Å². The van der Waals surface area contributed by atoms with Crippen LogP contribution in [-0.2, 0) is 16.1 Å². The van der Waals surface area contributed by atoms with E-state index in [1.807, 2.05) is 48.5 Å². The third-order valence-electron chi connectivity index (χ3n) is 4.69. The number of nitrogens with zero attached hydrogens (tertiary/aromatic N) is 2. The number of rotatable bonds is 11. The normalized spacial score (nSPS) is 16.9. The minimum Gasteiger partial charge on any atom is -0.390 e. The summed E-state index contributed by atoms with van der Waals surface area (Å²) in [6, 6.07) is 15.3. The lowest BCUT2D eigenvalue weighted by atomic mass is 10.0. The van der Waals surface area contributed by atoms with E-state index in [1.165, 1.54) is 0 Å². The van der Waals surface area contributed by atoms with Gasteiger partial charge >= 0.3 is 0 Å². The van der Waals surface area contributed by atoms with Crippen molar-refractivity contribution >= 4 is 28.9 Å². The van der Waals surface area contributed by atoms with Crippen molar-refractivity contribution in [2.75, 3.05) is 26.3 Å². The molecule has 3 rings (SSSR count). The summed E-state index contributed by atoms with van der Waals surface area (Å²) < 4.78 is 5.39. The molecule has 0 bridgehead atoms. The highest BCUT2D eigenvalue weighted by molar-refractivity contribution is 6.34. The molecule has 1 heterocycles. The van der Waals surface area contributed by atoms with Gasteiger partial charge in [0.1, 0.15) is 6.10 Å². The first-order chi connectivity index (χ1) is 14.5. The van der Waals surface area contributed by atoms with Gasteiger partial charge in [-0.05, 0) is 23.8 Å². The van der Waals surface area contributed by atoms with Gasteiger partial charge in [-0.3, -0.25) is 4.90 Å². The molecule has 160 valence electrons. The molecule has 2 atom stereocenters. The largest absolute Gasteiger partial charge is 0.390 e. The molecule has 1 aliphatic rings. The van der Waals surface area contributed by atoms with E-state index in [0.29, 0.717) is 42.7 Å². The fourth-order valence-corrected chi connectivity index (χ4v) is 3.86. The van der Waals surface area contributed by atoms with Gasteiger partial charge in [0.2, 0.25) is 0 Å². The lowest BCUT2D eigenvalue weighted by Gasteiger charge is -2.27. The van der Waals surface area contributed by atoms with Crippen LogP contribution >= 0.6 is 23.2 Å². The van der Waals surface area contributed by atoms with Gasteiger partial charge in [-0.2, -0.15) is 0 Å². The molecule has 0 saturated heterocycles. The third kappa shape index (κ3) is 6.83. The molecule has 5 nitrogen and oxygen atoms in total. The Bertz CT molecular complexity index is 875. The van der Waals surface area contributed by atoms with Crippen molar-refractivity contribution < 1.29 is 14.7 Å². The minimum atomic E-state index is -0.630. The fraction of sp³-hybridized carbons (Fsp3) is 0.348. The number of benzene rings is 2. The Balaban J connectivity index is 1.63. The maximum atomic E-state index is 10.4. The van der Waals surface area contributed by atoms with Crippen molar-refractivity contribution in [2.24, 2.45) is 5.16 Å². The van der Waals surface area contributed by atoms with Crippen molar-refractivity contribution in [3.05, 3.63) is 82.4 Å². The van der Waals surface area contributed by atoms with Crippen LogP contribution in [-0.4, -0.2) is 54.2 Å². The number of oxime groups is 1. The smallest absolute Gasteiger partial charge is 0.145 e. The molecule has 7 heteroatoms. The molecule has 2 aromatic rings. The van der Waals surface area contributed by atoms with Crippen LogP contribution in [0.3, 0.4) is 0 Å². The van der Waals surface area contributed by atoms with Crippen LogP contribution in [0.1, 0.15) is 17.5 Å². The van der Waals surface area contributed by atoms with Crippen LogP contribution in [0.4, 0.5) is 0 Å². The summed E-state index contributed by atoms with van der Waals surface area (Å²) in [6.45, 7) is 5.93. The van der Waals surface area contributed by atoms with Gasteiger partial charge in [0.05, 0.1) is 25.0 Å². The van der Waals surface area contributed by atoms with Crippen LogP contribution in [0.2, 0.25) is 10.0 Å². The molecule has 1 N–H and O–H groups in total. The molecule has 1 aliphatic heterocycles. The van der Waals surface area contributed by atoms with E-state index in [9.17, 15) is 5.11 Å². The highest BCUT2D eigenvalue weighted by atomic mass is 35.5. The second-order valence-electron chi connectivity index (χ2n) is 7.25. The van der Waals surface area contributed by atoms with E-state index in [2.05, 4.69) is 16.6 Å². The molecule has 0 amide bonds. The van der Waals surface area contributed by atoms with Crippen LogP contribution in [0.5, 0.6) is 0 Å². The quantitative estimate of drug-likeness (QED) is 0.404. The number of aliphatic hydroxyl groups excluding tert-OH is 1. The Morgan fingerprint density at radius 3 is 2.87 bits per heavy atom. The Hall–Kier alpha value is -1.89. The maximum absolute atomic E-state index is 10.4. The molecule has 2 aromatic carbocycles. The number of halogens is 2. The summed E-state index contributed by atoms with van der Waals surface area (Å²) in [5.41, 5.74) is 2.79. The Morgan fingerprint density at radius 2 is 2.10 bits per heavy atom. The average molecular weight is 449 g/mol. The second-order valence-corrected chi connectivity index (χ2v) is 8.10. The van der Waals surface area contributed by atoms with Crippen LogP contribution in [0.15, 0.2) is 66.3 Å². The van der Waals surface area contributed by atoms with Crippen molar-refractivity contribution in [1.29, 1.82) is 0 Å². The van der Waals surface area contributed by atoms with Gasteiger partial charge in [-0.15, -0.1) is 6.58 Å². The van der Waals surface area contributed by atoms with E-state index in [1.54, 1.807) is 6.08 Å². The topological polar surface area (TPSA) is 54.3 Å². The molecule has 0 radical (unpaired) electrons. The third-order valence-corrected chi connectivity index (χ3v) is 5.25. The summed E-state index contributed by atoms with van der Waals surface area (Å²) in [7, 11) is 0. The summed E-state index contributed by atoms with van der Waals surface area (Å²) >= 11 is 12.4. The lowest BCUT2D eigenvalue weighted by molar-refractivity contribution is 0.00336. The first-order valence-corrected chi connectivity index (χ1v) is 10.6. The van der Waals surface area contributed by atoms with Gasteiger partial charge < -0.3 is 14.7 Å². The molecular formula is C23H26Cl2N2O3. The molecule has 0 fully saturated rings. The van der Waals surface area contributed by atoms with E-state index in [-0.39, 0.29) is 12.7 Å². The van der Waals surface area contributed by atoms with E-state index < -0.39 is 6.10 Å². The monoisotopic (exact) mass is 448 g/mol. The zero-order valence-corrected chi connectivity index (χ0v) is 18.2. The Morgan fingerprint density at radius 1 is 1.27 bits per heavy atom. The molecule has 0 spiro atoms. The molecule has 0 aromatic heterocycles. The summed E-state index contributed by atoms with van der Waals surface area (Å²) in [6.07, 6.45) is 1.56.